The third kappa shape index (κ3) is 2.48. The molecule has 16 heavy (non-hydrogen) atoms. The van der Waals surface area contributed by atoms with Gasteiger partial charge in [0.15, 0.2) is 0 Å². The number of rotatable bonds is 3. The molecule has 0 aliphatic carbocycles. The van der Waals surface area contributed by atoms with Crippen molar-refractivity contribution in [2.75, 3.05) is 13.2 Å². The van der Waals surface area contributed by atoms with Crippen LogP contribution < -0.4 is 4.72 Å². The normalized spacial score (nSPS) is 26.1. The van der Waals surface area contributed by atoms with E-state index in [2.05, 4.69) is 20.7 Å². The van der Waals surface area contributed by atoms with Gasteiger partial charge in [-0.2, -0.15) is 0 Å². The maximum Gasteiger partial charge on any atom is 0.251 e. The van der Waals surface area contributed by atoms with E-state index in [-0.39, 0.29) is 0 Å². The Hall–Kier alpha value is 0.0500. The van der Waals surface area contributed by atoms with Crippen LogP contribution in [0.1, 0.15) is 13.3 Å². The van der Waals surface area contributed by atoms with Gasteiger partial charge in [-0.25, -0.2) is 13.1 Å². The van der Waals surface area contributed by atoms with Gasteiger partial charge in [-0.1, -0.05) is 0 Å². The highest BCUT2D eigenvalue weighted by Gasteiger charge is 2.35. The van der Waals surface area contributed by atoms with Crippen LogP contribution in [-0.2, 0) is 14.8 Å². The Morgan fingerprint density at radius 3 is 2.88 bits per heavy atom. The minimum absolute atomic E-state index is 0.320. The van der Waals surface area contributed by atoms with E-state index in [0.717, 1.165) is 0 Å². The van der Waals surface area contributed by atoms with Crippen LogP contribution in [0, 0.1) is 0 Å². The highest BCUT2D eigenvalue weighted by molar-refractivity contribution is 9.10. The van der Waals surface area contributed by atoms with E-state index >= 15 is 0 Å². The smallest absolute Gasteiger partial charge is 0.251 e. The van der Waals surface area contributed by atoms with Crippen molar-refractivity contribution in [1.29, 1.82) is 0 Å². The lowest BCUT2D eigenvalue weighted by molar-refractivity contribution is 0.178. The first-order valence-electron chi connectivity index (χ1n) is 4.78. The largest absolute Gasteiger partial charge is 0.379 e. The fourth-order valence-electron chi connectivity index (χ4n) is 1.59. The van der Waals surface area contributed by atoms with Crippen LogP contribution in [0.2, 0.25) is 0 Å². The third-order valence-corrected chi connectivity index (χ3v) is 6.74. The molecule has 7 heteroatoms. The van der Waals surface area contributed by atoms with Crippen molar-refractivity contribution in [1.82, 2.24) is 4.72 Å². The molecule has 1 saturated heterocycles. The van der Waals surface area contributed by atoms with Gasteiger partial charge in [0.1, 0.15) is 4.21 Å². The predicted octanol–water partition coefficient (Wildman–Crippen LogP) is 1.97. The van der Waals surface area contributed by atoms with Gasteiger partial charge in [0.25, 0.3) is 10.0 Å². The van der Waals surface area contributed by atoms with Crippen LogP contribution >= 0.6 is 27.3 Å². The van der Waals surface area contributed by atoms with Crippen molar-refractivity contribution >= 4 is 37.3 Å². The van der Waals surface area contributed by atoms with E-state index < -0.39 is 15.6 Å². The van der Waals surface area contributed by atoms with Crippen molar-refractivity contribution in [3.8, 4) is 0 Å². The molecule has 0 bridgehead atoms. The summed E-state index contributed by atoms with van der Waals surface area (Å²) < 4.78 is 33.0. The average molecular weight is 326 g/mol. The molecule has 0 radical (unpaired) electrons. The predicted molar refractivity (Wildman–Crippen MR) is 66.2 cm³/mol. The fraction of sp³-hybridized carbons (Fsp3) is 0.556. The standard InChI is InChI=1S/C9H12BrNO3S2/c1-9(3-4-14-6-9)11-16(12,13)8-7(10)2-5-15-8/h2,5,11H,3-4,6H2,1H3. The lowest BCUT2D eigenvalue weighted by Crippen LogP contribution is -2.46. The lowest BCUT2D eigenvalue weighted by Gasteiger charge is -2.22. The molecule has 2 heterocycles. The van der Waals surface area contributed by atoms with Crippen molar-refractivity contribution in [3.63, 3.8) is 0 Å². The second-order valence-electron chi connectivity index (χ2n) is 4.02. The molecule has 1 atom stereocenters. The number of sulfonamides is 1. The molecule has 0 aromatic carbocycles. The Balaban J connectivity index is 2.24. The lowest BCUT2D eigenvalue weighted by atomic mass is 10.0. The first-order valence-corrected chi connectivity index (χ1v) is 7.93. The van der Waals surface area contributed by atoms with Gasteiger partial charge < -0.3 is 4.74 Å². The monoisotopic (exact) mass is 325 g/mol. The zero-order valence-corrected chi connectivity index (χ0v) is 11.9. The maximum atomic E-state index is 12.1. The summed E-state index contributed by atoms with van der Waals surface area (Å²) in [6.45, 7) is 2.89. The number of ether oxygens (including phenoxy) is 1. The van der Waals surface area contributed by atoms with Gasteiger partial charge in [0.05, 0.1) is 12.1 Å². The molecule has 1 aliphatic heterocycles. The van der Waals surface area contributed by atoms with E-state index in [1.165, 1.54) is 11.3 Å². The fourth-order valence-corrected chi connectivity index (χ4v) is 5.35. The number of hydrogen-bond acceptors (Lipinski definition) is 4. The summed E-state index contributed by atoms with van der Waals surface area (Å²) >= 11 is 4.43. The Morgan fingerprint density at radius 2 is 2.38 bits per heavy atom. The Bertz CT molecular complexity index is 477. The molecule has 2 rings (SSSR count). The molecule has 90 valence electrons. The van der Waals surface area contributed by atoms with Gasteiger partial charge >= 0.3 is 0 Å². The minimum Gasteiger partial charge on any atom is -0.379 e. The van der Waals surface area contributed by atoms with E-state index in [1.54, 1.807) is 11.4 Å². The molecule has 1 aliphatic rings. The first kappa shape index (κ1) is 12.5. The second kappa shape index (κ2) is 4.38. The van der Waals surface area contributed by atoms with Crippen LogP contribution in [0.3, 0.4) is 0 Å². The van der Waals surface area contributed by atoms with E-state index in [1.807, 2.05) is 6.92 Å². The molecule has 0 saturated carbocycles. The van der Waals surface area contributed by atoms with Crippen molar-refractivity contribution in [2.24, 2.45) is 0 Å². The molecule has 1 fully saturated rings. The summed E-state index contributed by atoms with van der Waals surface area (Å²) in [7, 11) is -3.45. The molecular formula is C9H12BrNO3S2. The Kier molecular flexibility index (Phi) is 3.42. The minimum atomic E-state index is -3.45. The molecule has 1 N–H and O–H groups in total. The van der Waals surface area contributed by atoms with Crippen LogP contribution in [-0.4, -0.2) is 27.2 Å². The highest BCUT2D eigenvalue weighted by atomic mass is 79.9. The Morgan fingerprint density at radius 1 is 1.62 bits per heavy atom. The first-order chi connectivity index (χ1) is 7.43. The molecule has 1 unspecified atom stereocenters. The van der Waals surface area contributed by atoms with Gasteiger partial charge in [-0.3, -0.25) is 0 Å². The van der Waals surface area contributed by atoms with Gasteiger partial charge in [0, 0.05) is 11.1 Å². The van der Waals surface area contributed by atoms with Crippen molar-refractivity contribution < 1.29 is 13.2 Å². The summed E-state index contributed by atoms with van der Waals surface area (Å²) in [4.78, 5) is 0. The number of thiophene rings is 1. The van der Waals surface area contributed by atoms with E-state index in [9.17, 15) is 8.42 Å². The summed E-state index contributed by atoms with van der Waals surface area (Å²) in [5.74, 6) is 0. The van der Waals surface area contributed by atoms with Crippen LogP contribution in [0.5, 0.6) is 0 Å². The average Bonchev–Trinajstić information content (AvgIpc) is 2.73. The third-order valence-electron chi connectivity index (χ3n) is 2.43. The quantitative estimate of drug-likeness (QED) is 0.924. The van der Waals surface area contributed by atoms with Crippen LogP contribution in [0.25, 0.3) is 0 Å². The second-order valence-corrected chi connectivity index (χ2v) is 7.67. The Labute approximate surface area is 107 Å². The maximum absolute atomic E-state index is 12.1. The summed E-state index contributed by atoms with van der Waals surface area (Å²) in [6.07, 6.45) is 0.704. The van der Waals surface area contributed by atoms with Gasteiger partial charge in [0.2, 0.25) is 0 Å². The van der Waals surface area contributed by atoms with Gasteiger partial charge in [-0.15, -0.1) is 11.3 Å². The summed E-state index contributed by atoms with van der Waals surface area (Å²) in [6, 6.07) is 1.73. The number of halogens is 1. The van der Waals surface area contributed by atoms with Crippen LogP contribution in [0.4, 0.5) is 0 Å². The number of nitrogens with one attached hydrogen (secondary N) is 1. The summed E-state index contributed by atoms with van der Waals surface area (Å²) in [5.41, 5.74) is -0.484. The van der Waals surface area contributed by atoms with E-state index in [0.29, 0.717) is 28.3 Å². The zero-order valence-electron chi connectivity index (χ0n) is 8.70. The molecule has 0 spiro atoms. The van der Waals surface area contributed by atoms with Crippen molar-refractivity contribution in [2.45, 2.75) is 23.1 Å². The molecule has 1 aromatic heterocycles. The summed E-state index contributed by atoms with van der Waals surface area (Å²) in [5, 5.41) is 1.74. The zero-order chi connectivity index (χ0) is 11.8. The topological polar surface area (TPSA) is 55.4 Å². The van der Waals surface area contributed by atoms with Crippen molar-refractivity contribution in [3.05, 3.63) is 15.9 Å². The number of hydrogen-bond donors (Lipinski definition) is 1. The highest BCUT2D eigenvalue weighted by Crippen LogP contribution is 2.29. The SMILES string of the molecule is CC1(NS(=O)(=O)c2sccc2Br)CCOC1. The molecular weight excluding hydrogens is 314 g/mol. The van der Waals surface area contributed by atoms with Gasteiger partial charge in [-0.05, 0) is 40.7 Å². The molecule has 4 nitrogen and oxygen atoms in total. The molecule has 0 amide bonds. The molecule has 1 aromatic rings. The van der Waals surface area contributed by atoms with Crippen LogP contribution in [0.15, 0.2) is 20.1 Å². The van der Waals surface area contributed by atoms with E-state index in [4.69, 9.17) is 4.74 Å².